The number of rotatable bonds is 6. The number of aliphatic carboxylic acids is 1. The molecule has 1 amide bonds. The molecule has 2 aliphatic rings. The molecule has 0 aliphatic heterocycles. The van der Waals surface area contributed by atoms with Gasteiger partial charge in [0.2, 0.25) is 5.91 Å². The monoisotopic (exact) mass is 239 g/mol. The highest BCUT2D eigenvalue weighted by Crippen LogP contribution is 2.31. The van der Waals surface area contributed by atoms with Crippen molar-refractivity contribution in [2.75, 3.05) is 6.54 Å². The minimum Gasteiger partial charge on any atom is -0.480 e. The van der Waals surface area contributed by atoms with Crippen LogP contribution in [0.15, 0.2) is 0 Å². The Morgan fingerprint density at radius 1 is 1.12 bits per heavy atom. The number of carbonyl (C=O) groups excluding carboxylic acids is 1. The van der Waals surface area contributed by atoms with E-state index >= 15 is 0 Å². The van der Waals surface area contributed by atoms with Gasteiger partial charge in [-0.15, -0.1) is 0 Å². The van der Waals surface area contributed by atoms with Gasteiger partial charge in [-0.2, -0.15) is 0 Å². The first-order chi connectivity index (χ1) is 8.16. The highest BCUT2D eigenvalue weighted by Gasteiger charge is 2.33. The largest absolute Gasteiger partial charge is 0.480 e. The molecule has 0 atom stereocenters. The van der Waals surface area contributed by atoms with Gasteiger partial charge in [-0.25, -0.2) is 0 Å². The maximum Gasteiger partial charge on any atom is 0.323 e. The van der Waals surface area contributed by atoms with Crippen LogP contribution in [-0.4, -0.2) is 34.5 Å². The molecule has 0 aromatic heterocycles. The van der Waals surface area contributed by atoms with Gasteiger partial charge >= 0.3 is 5.97 Å². The third-order valence-electron chi connectivity index (χ3n) is 3.85. The Kier molecular flexibility index (Phi) is 4.02. The van der Waals surface area contributed by atoms with Crippen LogP contribution < -0.4 is 0 Å². The van der Waals surface area contributed by atoms with E-state index in [-0.39, 0.29) is 18.5 Å². The third-order valence-corrected chi connectivity index (χ3v) is 3.85. The van der Waals surface area contributed by atoms with E-state index in [9.17, 15) is 9.59 Å². The normalized spacial score (nSPS) is 20.5. The average molecular weight is 239 g/mol. The molecule has 0 spiro atoms. The van der Waals surface area contributed by atoms with Crippen molar-refractivity contribution in [3.8, 4) is 0 Å². The molecule has 96 valence electrons. The van der Waals surface area contributed by atoms with Crippen LogP contribution in [0.25, 0.3) is 0 Å². The molecule has 2 fully saturated rings. The van der Waals surface area contributed by atoms with Crippen LogP contribution in [-0.2, 0) is 9.59 Å². The maximum atomic E-state index is 12.0. The lowest BCUT2D eigenvalue weighted by Gasteiger charge is -2.21. The smallest absolute Gasteiger partial charge is 0.323 e. The SMILES string of the molecule is O=C(O)CN(C(=O)CCC1CCCC1)C1CC1. The molecule has 4 nitrogen and oxygen atoms in total. The highest BCUT2D eigenvalue weighted by molar-refractivity contribution is 5.81. The van der Waals surface area contributed by atoms with Crippen LogP contribution in [0, 0.1) is 5.92 Å². The van der Waals surface area contributed by atoms with Crippen molar-refractivity contribution in [1.82, 2.24) is 4.90 Å². The number of carbonyl (C=O) groups is 2. The molecule has 2 aliphatic carbocycles. The van der Waals surface area contributed by atoms with E-state index in [0.717, 1.165) is 19.3 Å². The number of nitrogens with zero attached hydrogens (tertiary/aromatic N) is 1. The van der Waals surface area contributed by atoms with E-state index in [1.165, 1.54) is 25.7 Å². The van der Waals surface area contributed by atoms with E-state index in [2.05, 4.69) is 0 Å². The molecule has 0 unspecified atom stereocenters. The fraction of sp³-hybridized carbons (Fsp3) is 0.846. The second-order valence-electron chi connectivity index (χ2n) is 5.34. The van der Waals surface area contributed by atoms with Crippen molar-refractivity contribution >= 4 is 11.9 Å². The Morgan fingerprint density at radius 3 is 2.29 bits per heavy atom. The van der Waals surface area contributed by atoms with Gasteiger partial charge in [0.1, 0.15) is 6.54 Å². The van der Waals surface area contributed by atoms with Crippen molar-refractivity contribution < 1.29 is 14.7 Å². The van der Waals surface area contributed by atoms with Crippen LogP contribution in [0.2, 0.25) is 0 Å². The van der Waals surface area contributed by atoms with Gasteiger partial charge in [0.15, 0.2) is 0 Å². The predicted molar refractivity (Wildman–Crippen MR) is 63.6 cm³/mol. The molecule has 0 heterocycles. The van der Waals surface area contributed by atoms with Gasteiger partial charge in [-0.05, 0) is 25.2 Å². The summed E-state index contributed by atoms with van der Waals surface area (Å²) in [5.74, 6) is -0.155. The summed E-state index contributed by atoms with van der Waals surface area (Å²) in [4.78, 5) is 24.3. The lowest BCUT2D eigenvalue weighted by molar-refractivity contribution is -0.145. The lowest BCUT2D eigenvalue weighted by Crippen LogP contribution is -2.37. The zero-order valence-corrected chi connectivity index (χ0v) is 10.2. The molecule has 2 saturated carbocycles. The Labute approximate surface area is 102 Å². The van der Waals surface area contributed by atoms with Gasteiger partial charge in [0, 0.05) is 12.5 Å². The summed E-state index contributed by atoms with van der Waals surface area (Å²) in [5.41, 5.74) is 0. The van der Waals surface area contributed by atoms with Crippen LogP contribution in [0.3, 0.4) is 0 Å². The molecule has 1 N–H and O–H groups in total. The average Bonchev–Trinajstić information content (AvgIpc) is 2.99. The maximum absolute atomic E-state index is 12.0. The zero-order chi connectivity index (χ0) is 12.3. The number of carboxylic acids is 1. The summed E-state index contributed by atoms with van der Waals surface area (Å²) in [6, 6.07) is 0.210. The predicted octanol–water partition coefficient (Wildman–Crippen LogP) is 2.03. The van der Waals surface area contributed by atoms with E-state index < -0.39 is 5.97 Å². The summed E-state index contributed by atoms with van der Waals surface area (Å²) in [7, 11) is 0. The van der Waals surface area contributed by atoms with Gasteiger partial charge in [0.25, 0.3) is 0 Å². The second kappa shape index (κ2) is 5.52. The van der Waals surface area contributed by atoms with Crippen molar-refractivity contribution in [3.05, 3.63) is 0 Å². The van der Waals surface area contributed by atoms with Crippen LogP contribution >= 0.6 is 0 Å². The fourth-order valence-corrected chi connectivity index (χ4v) is 2.72. The quantitative estimate of drug-likeness (QED) is 0.771. The number of hydrogen-bond acceptors (Lipinski definition) is 2. The summed E-state index contributed by atoms with van der Waals surface area (Å²) in [5, 5.41) is 8.80. The number of carboxylic acid groups (broad SMARTS) is 1. The lowest BCUT2D eigenvalue weighted by atomic mass is 10.0. The van der Waals surface area contributed by atoms with E-state index in [4.69, 9.17) is 5.11 Å². The summed E-state index contributed by atoms with van der Waals surface area (Å²) in [6.07, 6.45) is 8.51. The molecule has 2 rings (SSSR count). The molecule has 0 bridgehead atoms. The summed E-state index contributed by atoms with van der Waals surface area (Å²) in [6.45, 7) is -0.117. The Balaban J connectivity index is 1.77. The molecule has 0 aromatic carbocycles. The summed E-state index contributed by atoms with van der Waals surface area (Å²) < 4.78 is 0. The second-order valence-corrected chi connectivity index (χ2v) is 5.34. The fourth-order valence-electron chi connectivity index (χ4n) is 2.72. The van der Waals surface area contributed by atoms with E-state index in [1.807, 2.05) is 0 Å². The van der Waals surface area contributed by atoms with Crippen molar-refractivity contribution in [2.45, 2.75) is 57.4 Å². The van der Waals surface area contributed by atoms with Gasteiger partial charge in [-0.3, -0.25) is 9.59 Å². The van der Waals surface area contributed by atoms with Crippen molar-refractivity contribution in [3.63, 3.8) is 0 Å². The third kappa shape index (κ3) is 3.72. The molecule has 4 heteroatoms. The van der Waals surface area contributed by atoms with Crippen molar-refractivity contribution in [1.29, 1.82) is 0 Å². The van der Waals surface area contributed by atoms with Gasteiger partial charge in [-0.1, -0.05) is 25.7 Å². The highest BCUT2D eigenvalue weighted by atomic mass is 16.4. The summed E-state index contributed by atoms with van der Waals surface area (Å²) >= 11 is 0. The Morgan fingerprint density at radius 2 is 1.76 bits per heavy atom. The van der Waals surface area contributed by atoms with Crippen LogP contribution in [0.1, 0.15) is 51.4 Å². The molecule has 0 saturated heterocycles. The van der Waals surface area contributed by atoms with Crippen molar-refractivity contribution in [2.24, 2.45) is 5.92 Å². The molecule has 17 heavy (non-hydrogen) atoms. The van der Waals surface area contributed by atoms with E-state index in [0.29, 0.717) is 12.3 Å². The number of amides is 1. The molecular weight excluding hydrogens is 218 g/mol. The number of hydrogen-bond donors (Lipinski definition) is 1. The molecule has 0 aromatic rings. The molecule has 0 radical (unpaired) electrons. The Hall–Kier alpha value is -1.06. The molecular formula is C13H21NO3. The minimum absolute atomic E-state index is 0.0433. The topological polar surface area (TPSA) is 57.6 Å². The van der Waals surface area contributed by atoms with Crippen LogP contribution in [0.5, 0.6) is 0 Å². The first-order valence-corrected chi connectivity index (χ1v) is 6.68. The first kappa shape index (κ1) is 12.4. The zero-order valence-electron chi connectivity index (χ0n) is 10.2. The first-order valence-electron chi connectivity index (χ1n) is 6.68. The van der Waals surface area contributed by atoms with Crippen LogP contribution in [0.4, 0.5) is 0 Å². The van der Waals surface area contributed by atoms with Gasteiger partial charge in [0.05, 0.1) is 0 Å². The standard InChI is InChI=1S/C13H21NO3/c15-12(8-5-10-3-1-2-4-10)14(9-13(16)17)11-6-7-11/h10-11H,1-9H2,(H,16,17). The van der Waals surface area contributed by atoms with E-state index in [1.54, 1.807) is 4.90 Å². The minimum atomic E-state index is -0.897. The Bertz CT molecular complexity index is 293. The van der Waals surface area contributed by atoms with Gasteiger partial charge < -0.3 is 10.0 Å².